The summed E-state index contributed by atoms with van der Waals surface area (Å²) in [5, 5.41) is 0. The van der Waals surface area contributed by atoms with E-state index in [1.165, 1.54) is 36.8 Å². The van der Waals surface area contributed by atoms with E-state index in [1.54, 1.807) is 0 Å². The van der Waals surface area contributed by atoms with E-state index in [2.05, 4.69) is 45.0 Å². The SMILES string of the molecule is CC.CCCc1ccc(CCC(C)C)cc1. The van der Waals surface area contributed by atoms with Gasteiger partial charge < -0.3 is 0 Å². The first-order valence-electron chi connectivity index (χ1n) is 6.80. The second kappa shape index (κ2) is 9.45. The highest BCUT2D eigenvalue weighted by atomic mass is 14.0. The molecule has 16 heavy (non-hydrogen) atoms. The first kappa shape index (κ1) is 15.2. The van der Waals surface area contributed by atoms with Crippen LogP contribution in [0.1, 0.15) is 58.6 Å². The van der Waals surface area contributed by atoms with Gasteiger partial charge in [-0.15, -0.1) is 0 Å². The van der Waals surface area contributed by atoms with Crippen LogP contribution in [0.2, 0.25) is 0 Å². The summed E-state index contributed by atoms with van der Waals surface area (Å²) in [6.07, 6.45) is 4.98. The predicted molar refractivity (Wildman–Crippen MR) is 74.9 cm³/mol. The average Bonchev–Trinajstić information content (AvgIpc) is 2.31. The van der Waals surface area contributed by atoms with Crippen LogP contribution in [-0.2, 0) is 12.8 Å². The minimum atomic E-state index is 0.810. The van der Waals surface area contributed by atoms with Crippen molar-refractivity contribution >= 4 is 0 Å². The molecule has 0 radical (unpaired) electrons. The minimum absolute atomic E-state index is 0.810. The molecule has 0 aliphatic heterocycles. The highest BCUT2D eigenvalue weighted by Gasteiger charge is 1.97. The van der Waals surface area contributed by atoms with E-state index in [4.69, 9.17) is 0 Å². The summed E-state index contributed by atoms with van der Waals surface area (Å²) in [5.41, 5.74) is 2.96. The van der Waals surface area contributed by atoms with Crippen molar-refractivity contribution in [2.45, 2.75) is 60.3 Å². The Morgan fingerprint density at radius 1 is 0.875 bits per heavy atom. The average molecular weight is 220 g/mol. The van der Waals surface area contributed by atoms with Crippen LogP contribution in [0.5, 0.6) is 0 Å². The van der Waals surface area contributed by atoms with Crippen LogP contribution in [0.4, 0.5) is 0 Å². The molecular weight excluding hydrogens is 192 g/mol. The van der Waals surface area contributed by atoms with Crippen molar-refractivity contribution in [1.82, 2.24) is 0 Å². The van der Waals surface area contributed by atoms with Gasteiger partial charge in [0.1, 0.15) is 0 Å². The van der Waals surface area contributed by atoms with E-state index >= 15 is 0 Å². The molecule has 1 aromatic rings. The van der Waals surface area contributed by atoms with Gasteiger partial charge in [-0.05, 0) is 36.3 Å². The van der Waals surface area contributed by atoms with Crippen LogP contribution in [0, 0.1) is 5.92 Å². The monoisotopic (exact) mass is 220 g/mol. The summed E-state index contributed by atoms with van der Waals surface area (Å²) in [7, 11) is 0. The normalized spacial score (nSPS) is 9.88. The molecule has 0 aromatic heterocycles. The molecule has 0 spiro atoms. The zero-order valence-electron chi connectivity index (χ0n) is 11.7. The fraction of sp³-hybridized carbons (Fsp3) is 0.625. The van der Waals surface area contributed by atoms with E-state index in [1.807, 2.05) is 13.8 Å². The Hall–Kier alpha value is -0.780. The van der Waals surface area contributed by atoms with Gasteiger partial charge in [-0.3, -0.25) is 0 Å². The summed E-state index contributed by atoms with van der Waals surface area (Å²) in [6, 6.07) is 9.12. The second-order valence-electron chi connectivity index (χ2n) is 4.50. The van der Waals surface area contributed by atoms with E-state index in [0.717, 1.165) is 5.92 Å². The molecule has 0 heteroatoms. The van der Waals surface area contributed by atoms with Crippen LogP contribution in [0.25, 0.3) is 0 Å². The van der Waals surface area contributed by atoms with E-state index in [9.17, 15) is 0 Å². The number of hydrogen-bond donors (Lipinski definition) is 0. The quantitative estimate of drug-likeness (QED) is 0.635. The summed E-state index contributed by atoms with van der Waals surface area (Å²) in [4.78, 5) is 0. The molecule has 1 rings (SSSR count). The van der Waals surface area contributed by atoms with Gasteiger partial charge in [0.15, 0.2) is 0 Å². The highest BCUT2D eigenvalue weighted by molar-refractivity contribution is 5.22. The van der Waals surface area contributed by atoms with Gasteiger partial charge in [-0.25, -0.2) is 0 Å². The Balaban J connectivity index is 0.00000106. The molecule has 0 nitrogen and oxygen atoms in total. The van der Waals surface area contributed by atoms with Crippen molar-refractivity contribution in [2.24, 2.45) is 5.92 Å². The molecule has 0 bridgehead atoms. The third-order valence-electron chi connectivity index (χ3n) is 2.57. The van der Waals surface area contributed by atoms with Crippen molar-refractivity contribution in [2.75, 3.05) is 0 Å². The Morgan fingerprint density at radius 2 is 1.31 bits per heavy atom. The molecule has 0 aliphatic rings. The maximum absolute atomic E-state index is 2.29. The van der Waals surface area contributed by atoms with Crippen LogP contribution in [0.15, 0.2) is 24.3 Å². The Morgan fingerprint density at radius 3 is 1.69 bits per heavy atom. The van der Waals surface area contributed by atoms with E-state index in [-0.39, 0.29) is 0 Å². The first-order chi connectivity index (χ1) is 7.72. The summed E-state index contributed by atoms with van der Waals surface area (Å²) in [6.45, 7) is 10.8. The van der Waals surface area contributed by atoms with Crippen LogP contribution < -0.4 is 0 Å². The molecule has 0 aliphatic carbocycles. The van der Waals surface area contributed by atoms with Crippen molar-refractivity contribution in [1.29, 1.82) is 0 Å². The largest absolute Gasteiger partial charge is 0.0683 e. The van der Waals surface area contributed by atoms with Gasteiger partial charge in [0.2, 0.25) is 0 Å². The zero-order valence-corrected chi connectivity index (χ0v) is 11.7. The molecular formula is C16H28. The number of benzene rings is 1. The molecule has 0 amide bonds. The van der Waals surface area contributed by atoms with Gasteiger partial charge in [0, 0.05) is 0 Å². The van der Waals surface area contributed by atoms with Crippen molar-refractivity contribution < 1.29 is 0 Å². The molecule has 0 N–H and O–H groups in total. The lowest BCUT2D eigenvalue weighted by atomic mass is 10.0. The predicted octanol–water partition coefficient (Wildman–Crippen LogP) is 5.25. The maximum atomic E-state index is 2.29. The molecule has 0 saturated heterocycles. The Kier molecular flexibility index (Phi) is 8.99. The van der Waals surface area contributed by atoms with Gasteiger partial charge in [0.25, 0.3) is 0 Å². The molecule has 0 fully saturated rings. The van der Waals surface area contributed by atoms with Crippen molar-refractivity contribution in [3.05, 3.63) is 35.4 Å². The molecule has 1 aromatic carbocycles. The fourth-order valence-corrected chi connectivity index (χ4v) is 1.62. The fourth-order valence-electron chi connectivity index (χ4n) is 1.62. The number of hydrogen-bond acceptors (Lipinski definition) is 0. The smallest absolute Gasteiger partial charge is 0.0276 e. The summed E-state index contributed by atoms with van der Waals surface area (Å²) < 4.78 is 0. The second-order valence-corrected chi connectivity index (χ2v) is 4.50. The first-order valence-corrected chi connectivity index (χ1v) is 6.80. The molecule has 92 valence electrons. The van der Waals surface area contributed by atoms with Gasteiger partial charge in [-0.1, -0.05) is 65.3 Å². The Bertz CT molecular complexity index is 243. The van der Waals surface area contributed by atoms with Crippen molar-refractivity contribution in [3.63, 3.8) is 0 Å². The van der Waals surface area contributed by atoms with Gasteiger partial charge in [0.05, 0.1) is 0 Å². The van der Waals surface area contributed by atoms with Crippen molar-refractivity contribution in [3.8, 4) is 0 Å². The highest BCUT2D eigenvalue weighted by Crippen LogP contribution is 2.11. The molecule has 0 heterocycles. The molecule has 0 unspecified atom stereocenters. The maximum Gasteiger partial charge on any atom is -0.0276 e. The number of aryl methyl sites for hydroxylation is 2. The topological polar surface area (TPSA) is 0 Å². The molecule has 0 saturated carbocycles. The van der Waals surface area contributed by atoms with E-state index < -0.39 is 0 Å². The van der Waals surface area contributed by atoms with Crippen LogP contribution in [-0.4, -0.2) is 0 Å². The van der Waals surface area contributed by atoms with Gasteiger partial charge >= 0.3 is 0 Å². The van der Waals surface area contributed by atoms with E-state index in [0.29, 0.717) is 0 Å². The lowest BCUT2D eigenvalue weighted by molar-refractivity contribution is 0.586. The van der Waals surface area contributed by atoms with Crippen LogP contribution in [0.3, 0.4) is 0 Å². The third kappa shape index (κ3) is 6.66. The zero-order chi connectivity index (χ0) is 12.4. The lowest BCUT2D eigenvalue weighted by Crippen LogP contribution is -1.92. The standard InChI is InChI=1S/C14H22.C2H6/c1-4-5-13-8-10-14(11-9-13)7-6-12(2)3;1-2/h8-12H,4-7H2,1-3H3;1-2H3. The number of rotatable bonds is 5. The molecule has 0 atom stereocenters. The summed E-state index contributed by atoms with van der Waals surface area (Å²) in [5.74, 6) is 0.810. The lowest BCUT2D eigenvalue weighted by Gasteiger charge is -2.05. The summed E-state index contributed by atoms with van der Waals surface area (Å²) >= 11 is 0. The Labute approximate surface area is 102 Å². The van der Waals surface area contributed by atoms with Crippen LogP contribution >= 0.6 is 0 Å². The minimum Gasteiger partial charge on any atom is -0.0683 e. The third-order valence-corrected chi connectivity index (χ3v) is 2.57. The van der Waals surface area contributed by atoms with Gasteiger partial charge in [-0.2, -0.15) is 0 Å².